The van der Waals surface area contributed by atoms with Crippen LogP contribution in [0.1, 0.15) is 36.4 Å². The van der Waals surface area contributed by atoms with Gasteiger partial charge in [0.2, 0.25) is 0 Å². The van der Waals surface area contributed by atoms with Gasteiger partial charge in [0.25, 0.3) is 0 Å². The molecule has 2 atom stereocenters. The zero-order valence-electron chi connectivity index (χ0n) is 17.3. The molecule has 1 fully saturated rings. The molecule has 0 amide bonds. The molecule has 0 saturated carbocycles. The fraction of sp³-hybridized carbons (Fsp3) is 0.360. The van der Waals surface area contributed by atoms with Crippen LogP contribution in [-0.2, 0) is 6.54 Å². The average molecular weight is 407 g/mol. The molecule has 1 unspecified atom stereocenters. The van der Waals surface area contributed by atoms with Crippen LogP contribution in [0, 0.1) is 0 Å². The number of phenols is 1. The Kier molecular flexibility index (Phi) is 5.13. The van der Waals surface area contributed by atoms with E-state index in [-0.39, 0.29) is 0 Å². The van der Waals surface area contributed by atoms with Gasteiger partial charge in [0.1, 0.15) is 24.1 Å². The smallest absolute Gasteiger partial charge is 0.161 e. The summed E-state index contributed by atoms with van der Waals surface area (Å²) in [6.07, 6.45) is 3.21. The molecule has 1 saturated heterocycles. The van der Waals surface area contributed by atoms with E-state index in [4.69, 9.17) is 14.2 Å². The Morgan fingerprint density at radius 2 is 1.83 bits per heavy atom. The summed E-state index contributed by atoms with van der Waals surface area (Å²) >= 11 is 0. The Morgan fingerprint density at radius 3 is 2.70 bits per heavy atom. The highest BCUT2D eigenvalue weighted by Crippen LogP contribution is 2.34. The van der Waals surface area contributed by atoms with Crippen LogP contribution in [-0.4, -0.2) is 32.0 Å². The minimum Gasteiger partial charge on any atom is -0.507 e. The number of phenolic OH excluding ortho intramolecular Hbond substituents is 1. The number of methoxy groups -OCH3 is 1. The molecule has 156 valence electrons. The molecular weight excluding hydrogens is 378 g/mol. The topological polar surface area (TPSA) is 52.4 Å². The highest BCUT2D eigenvalue weighted by atomic mass is 16.5. The third-order valence-corrected chi connectivity index (χ3v) is 6.38. The molecular formula is C25H28NO4+. The lowest BCUT2D eigenvalue weighted by molar-refractivity contribution is -0.931. The molecule has 0 aliphatic carbocycles. The Hall–Kier alpha value is -2.92. The van der Waals surface area contributed by atoms with Crippen molar-refractivity contribution in [2.24, 2.45) is 0 Å². The Morgan fingerprint density at radius 1 is 1.00 bits per heavy atom. The number of hydrogen-bond donors (Lipinski definition) is 2. The first-order valence-corrected chi connectivity index (χ1v) is 10.8. The second kappa shape index (κ2) is 8.07. The zero-order valence-corrected chi connectivity index (χ0v) is 17.3. The predicted molar refractivity (Wildman–Crippen MR) is 116 cm³/mol. The van der Waals surface area contributed by atoms with Crippen molar-refractivity contribution >= 4 is 10.8 Å². The van der Waals surface area contributed by atoms with Gasteiger partial charge in [-0.2, -0.15) is 0 Å². The number of nitrogens with one attached hydrogen (secondary N) is 1. The van der Waals surface area contributed by atoms with Crippen LogP contribution in [0.2, 0.25) is 0 Å². The molecule has 0 aromatic heterocycles. The van der Waals surface area contributed by atoms with Crippen molar-refractivity contribution < 1.29 is 24.2 Å². The number of ether oxygens (including phenoxy) is 3. The predicted octanol–water partition coefficient (Wildman–Crippen LogP) is 3.64. The second-order valence-electron chi connectivity index (χ2n) is 8.19. The van der Waals surface area contributed by atoms with E-state index in [1.54, 1.807) is 7.11 Å². The SMILES string of the molecule is COc1ccc2ccc(O)c(C[NH+]3CCC[C@H]3c3ccc4c(c3)OCCCO4)c2c1. The van der Waals surface area contributed by atoms with Crippen LogP contribution in [0.3, 0.4) is 0 Å². The van der Waals surface area contributed by atoms with Gasteiger partial charge in [-0.25, -0.2) is 0 Å². The first-order valence-electron chi connectivity index (χ1n) is 10.8. The van der Waals surface area contributed by atoms with Crippen molar-refractivity contribution in [3.63, 3.8) is 0 Å². The number of benzene rings is 3. The van der Waals surface area contributed by atoms with Gasteiger partial charge in [0.15, 0.2) is 11.5 Å². The molecule has 2 aliphatic heterocycles. The van der Waals surface area contributed by atoms with Gasteiger partial charge in [-0.05, 0) is 47.2 Å². The van der Waals surface area contributed by atoms with Crippen LogP contribution in [0.25, 0.3) is 10.8 Å². The number of fused-ring (bicyclic) bond motifs is 2. The number of hydrogen-bond acceptors (Lipinski definition) is 4. The van der Waals surface area contributed by atoms with E-state index in [1.165, 1.54) is 16.9 Å². The fourth-order valence-electron chi connectivity index (χ4n) is 4.81. The number of aromatic hydroxyl groups is 1. The van der Waals surface area contributed by atoms with Crippen molar-refractivity contribution in [1.82, 2.24) is 0 Å². The highest BCUT2D eigenvalue weighted by molar-refractivity contribution is 5.88. The van der Waals surface area contributed by atoms with Crippen LogP contribution in [0.5, 0.6) is 23.0 Å². The molecule has 5 rings (SSSR count). The number of quaternary nitrogens is 1. The van der Waals surface area contributed by atoms with Gasteiger partial charge in [-0.1, -0.05) is 12.1 Å². The van der Waals surface area contributed by atoms with E-state index in [1.807, 2.05) is 30.3 Å². The van der Waals surface area contributed by atoms with E-state index >= 15 is 0 Å². The summed E-state index contributed by atoms with van der Waals surface area (Å²) in [5.74, 6) is 2.86. The molecule has 0 spiro atoms. The maximum absolute atomic E-state index is 10.7. The van der Waals surface area contributed by atoms with Crippen molar-refractivity contribution in [3.8, 4) is 23.0 Å². The molecule has 2 heterocycles. The van der Waals surface area contributed by atoms with Crippen molar-refractivity contribution in [3.05, 3.63) is 59.7 Å². The van der Waals surface area contributed by atoms with Gasteiger partial charge in [0, 0.05) is 24.8 Å². The first kappa shape index (κ1) is 19.1. The summed E-state index contributed by atoms with van der Waals surface area (Å²) in [7, 11) is 1.68. The lowest BCUT2D eigenvalue weighted by Crippen LogP contribution is -3.08. The normalized spacial score (nSPS) is 20.8. The lowest BCUT2D eigenvalue weighted by atomic mass is 10.0. The highest BCUT2D eigenvalue weighted by Gasteiger charge is 2.32. The van der Waals surface area contributed by atoms with E-state index in [0.717, 1.165) is 59.5 Å². The number of rotatable bonds is 4. The van der Waals surface area contributed by atoms with Crippen molar-refractivity contribution in [2.75, 3.05) is 26.9 Å². The quantitative estimate of drug-likeness (QED) is 0.695. The van der Waals surface area contributed by atoms with E-state index in [2.05, 4.69) is 18.2 Å². The van der Waals surface area contributed by atoms with Crippen molar-refractivity contribution in [1.29, 1.82) is 0 Å². The van der Waals surface area contributed by atoms with Gasteiger partial charge in [-0.3, -0.25) is 0 Å². The van der Waals surface area contributed by atoms with E-state index in [0.29, 0.717) is 25.0 Å². The second-order valence-corrected chi connectivity index (χ2v) is 8.19. The number of likely N-dealkylation sites (tertiary alicyclic amines) is 1. The Bertz CT molecular complexity index is 1060. The maximum atomic E-state index is 10.7. The Balaban J connectivity index is 1.47. The summed E-state index contributed by atoms with van der Waals surface area (Å²) < 4.78 is 17.1. The summed E-state index contributed by atoms with van der Waals surface area (Å²) in [4.78, 5) is 1.47. The minimum absolute atomic E-state index is 0.354. The summed E-state index contributed by atoms with van der Waals surface area (Å²) in [5.41, 5.74) is 2.27. The molecule has 5 heteroatoms. The molecule has 5 nitrogen and oxygen atoms in total. The third-order valence-electron chi connectivity index (χ3n) is 6.38. The third kappa shape index (κ3) is 3.54. The molecule has 2 N–H and O–H groups in total. The van der Waals surface area contributed by atoms with Crippen LogP contribution < -0.4 is 19.1 Å². The zero-order chi connectivity index (χ0) is 20.5. The van der Waals surface area contributed by atoms with Gasteiger partial charge >= 0.3 is 0 Å². The van der Waals surface area contributed by atoms with Gasteiger partial charge in [0.05, 0.1) is 32.4 Å². The molecule has 0 radical (unpaired) electrons. The van der Waals surface area contributed by atoms with Gasteiger partial charge in [-0.15, -0.1) is 0 Å². The fourth-order valence-corrected chi connectivity index (χ4v) is 4.81. The van der Waals surface area contributed by atoms with E-state index < -0.39 is 0 Å². The van der Waals surface area contributed by atoms with Crippen LogP contribution in [0.15, 0.2) is 48.5 Å². The average Bonchev–Trinajstić information content (AvgIpc) is 3.11. The summed E-state index contributed by atoms with van der Waals surface area (Å²) in [6, 6.07) is 16.6. The van der Waals surface area contributed by atoms with Gasteiger partial charge < -0.3 is 24.2 Å². The Labute approximate surface area is 176 Å². The molecule has 2 aliphatic rings. The molecule has 0 bridgehead atoms. The maximum Gasteiger partial charge on any atom is 0.161 e. The summed E-state index contributed by atoms with van der Waals surface area (Å²) in [5, 5.41) is 12.9. The minimum atomic E-state index is 0.354. The standard InChI is InChI=1S/C25H27NO4/c1-28-19-8-5-17-6-9-23(27)21(20(17)15-19)16-26-11-2-4-22(26)18-7-10-24-25(14-18)30-13-3-12-29-24/h5-10,14-15,22,27H,2-4,11-13,16H2,1H3/p+1/t22-/m0/s1. The monoisotopic (exact) mass is 406 g/mol. The van der Waals surface area contributed by atoms with E-state index in [9.17, 15) is 5.11 Å². The molecule has 3 aromatic rings. The van der Waals surface area contributed by atoms with Crippen LogP contribution in [0.4, 0.5) is 0 Å². The largest absolute Gasteiger partial charge is 0.507 e. The molecule has 3 aromatic carbocycles. The van der Waals surface area contributed by atoms with Crippen molar-refractivity contribution in [2.45, 2.75) is 31.8 Å². The van der Waals surface area contributed by atoms with Crippen LogP contribution >= 0.6 is 0 Å². The summed E-state index contributed by atoms with van der Waals surface area (Å²) in [6.45, 7) is 3.26. The first-order chi connectivity index (χ1) is 14.7. The molecule has 30 heavy (non-hydrogen) atoms. The lowest BCUT2D eigenvalue weighted by Gasteiger charge is -2.24.